The van der Waals surface area contributed by atoms with Crippen LogP contribution in [0.5, 0.6) is 0 Å². The lowest BCUT2D eigenvalue weighted by Crippen LogP contribution is -2.55. The number of amides is 2. The summed E-state index contributed by atoms with van der Waals surface area (Å²) in [6, 6.07) is 6.37. The van der Waals surface area contributed by atoms with Gasteiger partial charge in [0.1, 0.15) is 11.6 Å². The first-order valence-corrected chi connectivity index (χ1v) is 13.2. The van der Waals surface area contributed by atoms with Crippen LogP contribution in [0.1, 0.15) is 65.7 Å². The predicted octanol–water partition coefficient (Wildman–Crippen LogP) is 5.40. The van der Waals surface area contributed by atoms with Gasteiger partial charge in [0.2, 0.25) is 5.91 Å². The Kier molecular flexibility index (Phi) is 8.84. The fraction of sp³-hybridized carbons (Fsp3) is 0.680. The lowest BCUT2D eigenvalue weighted by Gasteiger charge is -2.40. The second-order valence-corrected chi connectivity index (χ2v) is 11.6. The molecule has 0 radical (unpaired) electrons. The van der Waals surface area contributed by atoms with Gasteiger partial charge in [-0.25, -0.2) is 4.79 Å². The highest BCUT2D eigenvalue weighted by molar-refractivity contribution is 7.99. The fourth-order valence-electron chi connectivity index (χ4n) is 4.56. The number of likely N-dealkylation sites (N-methyl/N-ethyl adjacent to an activating group) is 1. The van der Waals surface area contributed by atoms with Crippen LogP contribution in [-0.2, 0) is 9.53 Å². The maximum atomic E-state index is 13.3. The number of benzene rings is 1. The fourth-order valence-corrected chi connectivity index (χ4v) is 5.65. The van der Waals surface area contributed by atoms with Crippen molar-refractivity contribution in [1.82, 2.24) is 10.2 Å². The molecular formula is C25H37N3O5S. The number of hydrogen-bond donors (Lipinski definition) is 1. The molecule has 1 atom stereocenters. The first-order valence-electron chi connectivity index (χ1n) is 12.2. The molecule has 3 rings (SSSR count). The summed E-state index contributed by atoms with van der Waals surface area (Å²) >= 11 is 1.71. The van der Waals surface area contributed by atoms with Crippen LogP contribution in [-0.4, -0.2) is 52.3 Å². The number of carbonyl (C=O) groups is 2. The van der Waals surface area contributed by atoms with Crippen LogP contribution in [0.15, 0.2) is 29.2 Å². The van der Waals surface area contributed by atoms with Gasteiger partial charge in [-0.05, 0) is 89.7 Å². The van der Waals surface area contributed by atoms with Crippen molar-refractivity contribution in [3.05, 3.63) is 34.4 Å². The van der Waals surface area contributed by atoms with Crippen LogP contribution in [0, 0.1) is 22.0 Å². The number of nitro benzene ring substituents is 1. The van der Waals surface area contributed by atoms with Crippen LogP contribution in [0.3, 0.4) is 0 Å². The molecule has 2 saturated carbocycles. The minimum atomic E-state index is -0.621. The van der Waals surface area contributed by atoms with E-state index >= 15 is 0 Å². The van der Waals surface area contributed by atoms with Crippen LogP contribution >= 0.6 is 11.8 Å². The highest BCUT2D eigenvalue weighted by atomic mass is 32.2. The second-order valence-electron chi connectivity index (χ2n) is 10.5. The second kappa shape index (κ2) is 11.4. The van der Waals surface area contributed by atoms with Gasteiger partial charge in [0.05, 0.1) is 4.92 Å². The van der Waals surface area contributed by atoms with Gasteiger partial charge in [0.15, 0.2) is 0 Å². The molecule has 0 unspecified atom stereocenters. The number of ether oxygens (including phenoxy) is 1. The molecule has 1 aromatic rings. The van der Waals surface area contributed by atoms with Gasteiger partial charge in [0, 0.05) is 35.9 Å². The van der Waals surface area contributed by atoms with Crippen molar-refractivity contribution in [2.75, 3.05) is 12.8 Å². The lowest BCUT2D eigenvalue weighted by atomic mass is 9.78. The first-order chi connectivity index (χ1) is 16.0. The van der Waals surface area contributed by atoms with E-state index in [1.54, 1.807) is 23.9 Å². The summed E-state index contributed by atoms with van der Waals surface area (Å²) in [6.07, 6.45) is 6.36. The molecule has 1 N–H and O–H groups in total. The molecule has 0 bridgehead atoms. The molecule has 2 amide bonds. The molecule has 8 nitrogen and oxygen atoms in total. The summed E-state index contributed by atoms with van der Waals surface area (Å²) in [5.41, 5.74) is -0.519. The molecule has 0 spiro atoms. The Morgan fingerprint density at radius 2 is 1.76 bits per heavy atom. The molecule has 188 valence electrons. The smallest absolute Gasteiger partial charge is 0.408 e. The lowest BCUT2D eigenvalue weighted by molar-refractivity contribution is -0.384. The van der Waals surface area contributed by atoms with E-state index in [1.807, 2.05) is 32.7 Å². The molecule has 2 aliphatic carbocycles. The minimum absolute atomic E-state index is 0.0146. The van der Waals surface area contributed by atoms with Gasteiger partial charge >= 0.3 is 6.09 Å². The number of thioether (sulfide) groups is 1. The number of hydrogen-bond acceptors (Lipinski definition) is 6. The van der Waals surface area contributed by atoms with E-state index in [1.165, 1.54) is 12.1 Å². The average Bonchev–Trinajstić information content (AvgIpc) is 2.74. The maximum absolute atomic E-state index is 13.3. The highest BCUT2D eigenvalue weighted by Crippen LogP contribution is 2.36. The summed E-state index contributed by atoms with van der Waals surface area (Å²) in [6.45, 7) is 5.45. The summed E-state index contributed by atoms with van der Waals surface area (Å²) in [7, 11) is 1.85. The molecule has 1 aromatic carbocycles. The zero-order valence-electron chi connectivity index (χ0n) is 20.6. The Hall–Kier alpha value is -2.29. The summed E-state index contributed by atoms with van der Waals surface area (Å²) in [4.78, 5) is 39.2. The SMILES string of the molecule is CN(C(=O)[C@@H](NC(=O)OC(C)(C)C)C1CCC(CSc2ccc([N+](=O)[O-])cc2)CC1)C1CCC1. The predicted molar refractivity (Wildman–Crippen MR) is 133 cm³/mol. The zero-order valence-corrected chi connectivity index (χ0v) is 21.4. The third-order valence-electron chi connectivity index (χ3n) is 6.80. The van der Waals surface area contributed by atoms with Crippen molar-refractivity contribution >= 4 is 29.4 Å². The van der Waals surface area contributed by atoms with Gasteiger partial charge in [-0.3, -0.25) is 14.9 Å². The van der Waals surface area contributed by atoms with Crippen molar-refractivity contribution in [2.45, 2.75) is 88.3 Å². The standard InChI is InChI=1S/C25H37N3O5S/c1-25(2,3)33-24(30)26-22(23(29)27(4)19-6-5-7-19)18-10-8-17(9-11-18)16-34-21-14-12-20(13-15-21)28(31)32/h12-15,17-19,22H,5-11,16H2,1-4H3,(H,26,30)/t17?,18?,22-/m0/s1. The van der Waals surface area contributed by atoms with Crippen molar-refractivity contribution in [3.8, 4) is 0 Å². The quantitative estimate of drug-likeness (QED) is 0.297. The van der Waals surface area contributed by atoms with Gasteiger partial charge in [-0.1, -0.05) is 0 Å². The van der Waals surface area contributed by atoms with E-state index in [-0.39, 0.29) is 28.5 Å². The maximum Gasteiger partial charge on any atom is 0.408 e. The van der Waals surface area contributed by atoms with Crippen LogP contribution in [0.25, 0.3) is 0 Å². The number of nitrogens with one attached hydrogen (secondary N) is 1. The number of carbonyl (C=O) groups excluding carboxylic acids is 2. The normalized spacial score (nSPS) is 21.8. The van der Waals surface area contributed by atoms with Gasteiger partial charge in [0.25, 0.3) is 5.69 Å². The van der Waals surface area contributed by atoms with Crippen LogP contribution in [0.4, 0.5) is 10.5 Å². The first kappa shape index (κ1) is 26.3. The minimum Gasteiger partial charge on any atom is -0.444 e. The van der Waals surface area contributed by atoms with E-state index in [2.05, 4.69) is 5.32 Å². The Bertz CT molecular complexity index is 858. The molecule has 0 aromatic heterocycles. The van der Waals surface area contributed by atoms with Crippen molar-refractivity contribution in [2.24, 2.45) is 11.8 Å². The molecule has 9 heteroatoms. The van der Waals surface area contributed by atoms with E-state index in [0.29, 0.717) is 5.92 Å². The highest BCUT2D eigenvalue weighted by Gasteiger charge is 2.38. The molecule has 0 saturated heterocycles. The van der Waals surface area contributed by atoms with Crippen molar-refractivity contribution in [1.29, 1.82) is 0 Å². The number of alkyl carbamates (subject to hydrolysis) is 1. The van der Waals surface area contributed by atoms with E-state index < -0.39 is 17.7 Å². The monoisotopic (exact) mass is 491 g/mol. The van der Waals surface area contributed by atoms with Crippen molar-refractivity contribution in [3.63, 3.8) is 0 Å². The topological polar surface area (TPSA) is 102 Å². The van der Waals surface area contributed by atoms with Crippen LogP contribution in [0.2, 0.25) is 0 Å². The van der Waals surface area contributed by atoms with Crippen LogP contribution < -0.4 is 5.32 Å². The zero-order chi connectivity index (χ0) is 24.9. The van der Waals surface area contributed by atoms with E-state index in [9.17, 15) is 19.7 Å². The van der Waals surface area contributed by atoms with Gasteiger partial charge in [-0.15, -0.1) is 11.8 Å². The molecule has 2 fully saturated rings. The van der Waals surface area contributed by atoms with Gasteiger partial charge < -0.3 is 15.0 Å². The molecule has 2 aliphatic rings. The number of nitrogens with zero attached hydrogens (tertiary/aromatic N) is 2. The van der Waals surface area contributed by atoms with Gasteiger partial charge in [-0.2, -0.15) is 0 Å². The van der Waals surface area contributed by atoms with E-state index in [0.717, 1.165) is 55.6 Å². The third-order valence-corrected chi connectivity index (χ3v) is 8.05. The summed E-state index contributed by atoms with van der Waals surface area (Å²) in [5.74, 6) is 1.52. The number of nitro groups is 1. The Morgan fingerprint density at radius 3 is 2.26 bits per heavy atom. The Labute approximate surface area is 206 Å². The molecular weight excluding hydrogens is 454 g/mol. The number of non-ortho nitro benzene ring substituents is 1. The average molecular weight is 492 g/mol. The summed E-state index contributed by atoms with van der Waals surface area (Å²) < 4.78 is 5.46. The Balaban J connectivity index is 1.56. The van der Waals surface area contributed by atoms with E-state index in [4.69, 9.17) is 4.74 Å². The third kappa shape index (κ3) is 7.35. The molecule has 34 heavy (non-hydrogen) atoms. The Morgan fingerprint density at radius 1 is 1.15 bits per heavy atom. The molecule has 0 aliphatic heterocycles. The van der Waals surface area contributed by atoms with Crippen molar-refractivity contribution < 1.29 is 19.2 Å². The molecule has 0 heterocycles. The summed E-state index contributed by atoms with van der Waals surface area (Å²) in [5, 5.41) is 13.7. The largest absolute Gasteiger partial charge is 0.444 e. The number of rotatable bonds is 8.